The first-order valence-electron chi connectivity index (χ1n) is 4.37. The molecule has 2 nitrogen and oxygen atoms in total. The van der Waals surface area contributed by atoms with Crippen LogP contribution in [-0.2, 0) is 0 Å². The molecule has 0 atom stereocenters. The van der Waals surface area contributed by atoms with Gasteiger partial charge < -0.3 is 0 Å². The lowest BCUT2D eigenvalue weighted by atomic mass is 10.4. The van der Waals surface area contributed by atoms with Crippen molar-refractivity contribution in [1.82, 2.24) is 9.44 Å². The molecule has 0 aromatic heterocycles. The summed E-state index contributed by atoms with van der Waals surface area (Å²) in [6.45, 7) is 8.64. The van der Waals surface area contributed by atoms with Gasteiger partial charge in [0.1, 0.15) is 0 Å². The van der Waals surface area contributed by atoms with Gasteiger partial charge >= 0.3 is 0 Å². The monoisotopic (exact) mass is 208 g/mol. The molecule has 0 aromatic rings. The van der Waals surface area contributed by atoms with Gasteiger partial charge in [0, 0.05) is 23.6 Å². The van der Waals surface area contributed by atoms with E-state index < -0.39 is 0 Å². The fraction of sp³-hybridized carbons (Fsp3) is 1.00. The second kappa shape index (κ2) is 8.23. The molecule has 0 rings (SSSR count). The van der Waals surface area contributed by atoms with Gasteiger partial charge in [0.2, 0.25) is 0 Å². The second-order valence-electron chi connectivity index (χ2n) is 3.24. The summed E-state index contributed by atoms with van der Waals surface area (Å²) < 4.78 is 6.62. The number of nitrogens with one attached hydrogen (secondary N) is 2. The molecule has 0 aliphatic heterocycles. The largest absolute Gasteiger partial charge is 0.262 e. The molecule has 0 radical (unpaired) electrons. The topological polar surface area (TPSA) is 24.1 Å². The summed E-state index contributed by atoms with van der Waals surface area (Å²) in [5.41, 5.74) is 0. The van der Waals surface area contributed by atoms with Gasteiger partial charge in [-0.25, -0.2) is 0 Å². The van der Waals surface area contributed by atoms with Crippen molar-refractivity contribution in [3.8, 4) is 0 Å². The van der Waals surface area contributed by atoms with Crippen molar-refractivity contribution in [3.63, 3.8) is 0 Å². The van der Waals surface area contributed by atoms with Gasteiger partial charge in [-0.1, -0.05) is 23.9 Å². The lowest BCUT2D eigenvalue weighted by molar-refractivity contribution is 0.768. The third kappa shape index (κ3) is 10.6. The summed E-state index contributed by atoms with van der Waals surface area (Å²) in [6, 6.07) is 1.16. The SMILES string of the molecule is CC(C)NSCCSNC(C)C. The molecule has 2 N–H and O–H groups in total. The summed E-state index contributed by atoms with van der Waals surface area (Å²) in [4.78, 5) is 0. The summed E-state index contributed by atoms with van der Waals surface area (Å²) in [7, 11) is 0. The fourth-order valence-corrected chi connectivity index (χ4v) is 2.10. The summed E-state index contributed by atoms with van der Waals surface area (Å²) in [6.07, 6.45) is 0. The first kappa shape index (κ1) is 12.6. The molecule has 0 unspecified atom stereocenters. The highest BCUT2D eigenvalue weighted by molar-refractivity contribution is 8.01. The van der Waals surface area contributed by atoms with E-state index in [9.17, 15) is 0 Å². The predicted molar refractivity (Wildman–Crippen MR) is 61.5 cm³/mol. The number of rotatable bonds is 7. The molecule has 0 heterocycles. The Kier molecular flexibility index (Phi) is 8.65. The molecule has 0 saturated heterocycles. The molecule has 0 spiro atoms. The lowest BCUT2D eigenvalue weighted by Crippen LogP contribution is -2.17. The van der Waals surface area contributed by atoms with Crippen molar-refractivity contribution in [1.29, 1.82) is 0 Å². The Morgan fingerprint density at radius 2 is 1.17 bits per heavy atom. The second-order valence-corrected chi connectivity index (χ2v) is 5.11. The van der Waals surface area contributed by atoms with Gasteiger partial charge in [-0.2, -0.15) is 0 Å². The van der Waals surface area contributed by atoms with Crippen molar-refractivity contribution < 1.29 is 0 Å². The average molecular weight is 208 g/mol. The molecular formula is C8H20N2S2. The van der Waals surface area contributed by atoms with Crippen molar-refractivity contribution in [2.45, 2.75) is 39.8 Å². The normalized spacial score (nSPS) is 11.5. The van der Waals surface area contributed by atoms with E-state index in [4.69, 9.17) is 0 Å². The van der Waals surface area contributed by atoms with Crippen molar-refractivity contribution in [2.24, 2.45) is 0 Å². The smallest absolute Gasteiger partial charge is 0.0182 e. The quantitative estimate of drug-likeness (QED) is 0.495. The fourth-order valence-electron chi connectivity index (χ4n) is 0.535. The highest BCUT2D eigenvalue weighted by atomic mass is 32.2. The molecule has 12 heavy (non-hydrogen) atoms. The van der Waals surface area contributed by atoms with E-state index in [1.165, 1.54) is 0 Å². The van der Waals surface area contributed by atoms with Gasteiger partial charge in [-0.15, -0.1) is 0 Å². The van der Waals surface area contributed by atoms with Crippen LogP contribution in [0.4, 0.5) is 0 Å². The highest BCUT2D eigenvalue weighted by Crippen LogP contribution is 2.02. The van der Waals surface area contributed by atoms with Gasteiger partial charge in [0.25, 0.3) is 0 Å². The maximum Gasteiger partial charge on any atom is 0.0182 e. The highest BCUT2D eigenvalue weighted by Gasteiger charge is 1.94. The Balaban J connectivity index is 2.91. The Hall–Kier alpha value is 0.620. The summed E-state index contributed by atoms with van der Waals surface area (Å²) in [5, 5.41) is 0. The van der Waals surface area contributed by atoms with E-state index in [0.29, 0.717) is 12.1 Å². The molecule has 4 heteroatoms. The van der Waals surface area contributed by atoms with Crippen LogP contribution in [0, 0.1) is 0 Å². The molecule has 0 fully saturated rings. The van der Waals surface area contributed by atoms with Crippen LogP contribution in [-0.4, -0.2) is 23.6 Å². The van der Waals surface area contributed by atoms with Crippen LogP contribution in [0.5, 0.6) is 0 Å². The molecule has 74 valence electrons. The summed E-state index contributed by atoms with van der Waals surface area (Å²) in [5.74, 6) is 2.31. The van der Waals surface area contributed by atoms with E-state index in [2.05, 4.69) is 37.1 Å². The third-order valence-electron chi connectivity index (χ3n) is 0.926. The van der Waals surface area contributed by atoms with E-state index in [1.54, 1.807) is 23.9 Å². The van der Waals surface area contributed by atoms with E-state index in [0.717, 1.165) is 11.5 Å². The molecule has 0 aliphatic rings. The lowest BCUT2D eigenvalue weighted by Gasteiger charge is -2.08. The van der Waals surface area contributed by atoms with Crippen molar-refractivity contribution in [2.75, 3.05) is 11.5 Å². The molecule has 0 amide bonds. The molecule has 0 bridgehead atoms. The zero-order valence-electron chi connectivity index (χ0n) is 8.39. The molecule has 0 saturated carbocycles. The van der Waals surface area contributed by atoms with Gasteiger partial charge in [0.05, 0.1) is 0 Å². The van der Waals surface area contributed by atoms with Gasteiger partial charge in [-0.05, 0) is 27.7 Å². The van der Waals surface area contributed by atoms with Crippen molar-refractivity contribution in [3.05, 3.63) is 0 Å². The zero-order chi connectivity index (χ0) is 9.40. The minimum absolute atomic E-state index is 0.582. The zero-order valence-corrected chi connectivity index (χ0v) is 10.0. The Morgan fingerprint density at radius 3 is 1.42 bits per heavy atom. The van der Waals surface area contributed by atoms with E-state index in [-0.39, 0.29) is 0 Å². The van der Waals surface area contributed by atoms with Crippen LogP contribution in [0.2, 0.25) is 0 Å². The maximum atomic E-state index is 3.31. The predicted octanol–water partition coefficient (Wildman–Crippen LogP) is 2.28. The Morgan fingerprint density at radius 1 is 0.833 bits per heavy atom. The first-order valence-corrected chi connectivity index (χ1v) is 6.34. The van der Waals surface area contributed by atoms with Crippen LogP contribution < -0.4 is 9.44 Å². The first-order chi connectivity index (χ1) is 5.63. The minimum Gasteiger partial charge on any atom is -0.262 e. The standard InChI is InChI=1S/C8H20N2S2/c1-7(2)9-11-5-6-12-10-8(3)4/h7-10H,5-6H2,1-4H3. The summed E-state index contributed by atoms with van der Waals surface area (Å²) >= 11 is 3.60. The van der Waals surface area contributed by atoms with Crippen LogP contribution in [0.15, 0.2) is 0 Å². The van der Waals surface area contributed by atoms with Gasteiger partial charge in [-0.3, -0.25) is 9.44 Å². The van der Waals surface area contributed by atoms with E-state index >= 15 is 0 Å². The number of hydrogen-bond acceptors (Lipinski definition) is 4. The Labute approximate surface area is 84.9 Å². The van der Waals surface area contributed by atoms with Gasteiger partial charge in [0.15, 0.2) is 0 Å². The Bertz CT molecular complexity index is 85.1. The molecular weight excluding hydrogens is 188 g/mol. The van der Waals surface area contributed by atoms with Crippen LogP contribution in [0.25, 0.3) is 0 Å². The van der Waals surface area contributed by atoms with E-state index in [1.807, 2.05) is 0 Å². The molecule has 0 aliphatic carbocycles. The maximum absolute atomic E-state index is 3.31. The van der Waals surface area contributed by atoms with Crippen LogP contribution in [0.3, 0.4) is 0 Å². The molecule has 0 aromatic carbocycles. The minimum atomic E-state index is 0.582. The third-order valence-corrected chi connectivity index (χ3v) is 3.28. The van der Waals surface area contributed by atoms with Crippen molar-refractivity contribution >= 4 is 23.9 Å². The van der Waals surface area contributed by atoms with Crippen LogP contribution >= 0.6 is 23.9 Å². The number of hydrogen-bond donors (Lipinski definition) is 2. The van der Waals surface area contributed by atoms with Crippen LogP contribution in [0.1, 0.15) is 27.7 Å². The average Bonchev–Trinajstić information content (AvgIpc) is 1.95.